The fraction of sp³-hybridized carbons (Fsp3) is 0.417. The molecule has 17 heavy (non-hydrogen) atoms. The van der Waals surface area contributed by atoms with Crippen molar-refractivity contribution in [1.29, 1.82) is 0 Å². The van der Waals surface area contributed by atoms with Gasteiger partial charge in [-0.1, -0.05) is 0 Å². The molecule has 0 saturated carbocycles. The maximum Gasteiger partial charge on any atom is 0.356 e. The minimum Gasteiger partial charge on any atom is -0.464 e. The van der Waals surface area contributed by atoms with Crippen LogP contribution in [0.2, 0.25) is 0 Å². The van der Waals surface area contributed by atoms with E-state index >= 15 is 0 Å². The van der Waals surface area contributed by atoms with Gasteiger partial charge in [-0.2, -0.15) is 5.10 Å². The molecule has 2 heterocycles. The number of rotatable bonds is 2. The summed E-state index contributed by atoms with van der Waals surface area (Å²) in [5.41, 5.74) is 2.02. The molecule has 5 nitrogen and oxygen atoms in total. The Labute approximate surface area is 99.4 Å². The van der Waals surface area contributed by atoms with Crippen molar-refractivity contribution >= 4 is 16.9 Å². The molecule has 0 saturated heterocycles. The van der Waals surface area contributed by atoms with Crippen molar-refractivity contribution in [3.63, 3.8) is 0 Å². The minimum atomic E-state index is -0.425. The van der Waals surface area contributed by atoms with Gasteiger partial charge in [-0.05, 0) is 26.8 Å². The van der Waals surface area contributed by atoms with E-state index in [9.17, 15) is 4.79 Å². The van der Waals surface area contributed by atoms with E-state index in [2.05, 4.69) is 14.8 Å². The molecule has 0 atom stereocenters. The van der Waals surface area contributed by atoms with Crippen LogP contribution >= 0.6 is 0 Å². The summed E-state index contributed by atoms with van der Waals surface area (Å²) in [6, 6.07) is 1.96. The molecule has 0 fully saturated rings. The maximum atomic E-state index is 11.5. The molecule has 0 radical (unpaired) electrons. The predicted molar refractivity (Wildman–Crippen MR) is 64.0 cm³/mol. The lowest BCUT2D eigenvalue weighted by atomic mass is 10.2. The number of nitrogens with zero attached hydrogens (tertiary/aromatic N) is 3. The molecule has 0 bridgehead atoms. The first-order valence-electron chi connectivity index (χ1n) is 5.47. The van der Waals surface area contributed by atoms with Gasteiger partial charge in [-0.25, -0.2) is 9.78 Å². The number of aromatic nitrogens is 3. The fourth-order valence-electron chi connectivity index (χ4n) is 1.82. The van der Waals surface area contributed by atoms with Crippen molar-refractivity contribution in [1.82, 2.24) is 14.8 Å². The molecule has 90 valence electrons. The molecule has 0 unspecified atom stereocenters. The molecule has 2 aromatic heterocycles. The Hall–Kier alpha value is -1.91. The van der Waals surface area contributed by atoms with E-state index in [-0.39, 0.29) is 6.04 Å². The molecule has 0 aliphatic heterocycles. The zero-order chi connectivity index (χ0) is 12.6. The summed E-state index contributed by atoms with van der Waals surface area (Å²) in [7, 11) is 1.35. The molecule has 0 amide bonds. The third-order valence-corrected chi connectivity index (χ3v) is 2.67. The molecule has 0 aliphatic rings. The van der Waals surface area contributed by atoms with Crippen LogP contribution in [0.1, 0.15) is 36.1 Å². The van der Waals surface area contributed by atoms with Crippen LogP contribution < -0.4 is 0 Å². The Balaban J connectivity index is 2.69. The van der Waals surface area contributed by atoms with Gasteiger partial charge in [0.2, 0.25) is 0 Å². The average molecular weight is 233 g/mol. The summed E-state index contributed by atoms with van der Waals surface area (Å²) in [5.74, 6) is -0.425. The van der Waals surface area contributed by atoms with Crippen molar-refractivity contribution in [2.24, 2.45) is 0 Å². The summed E-state index contributed by atoms with van der Waals surface area (Å²) in [6.07, 6.45) is 1.78. The summed E-state index contributed by atoms with van der Waals surface area (Å²) in [6.45, 7) is 5.95. The number of fused-ring (bicyclic) bond motifs is 1. The lowest BCUT2D eigenvalue weighted by Crippen LogP contribution is -2.07. The van der Waals surface area contributed by atoms with Crippen molar-refractivity contribution in [3.8, 4) is 0 Å². The van der Waals surface area contributed by atoms with Gasteiger partial charge in [0, 0.05) is 17.1 Å². The van der Waals surface area contributed by atoms with Crippen molar-refractivity contribution < 1.29 is 9.53 Å². The second-order valence-corrected chi connectivity index (χ2v) is 4.20. The van der Waals surface area contributed by atoms with Gasteiger partial charge in [0.1, 0.15) is 0 Å². The first kappa shape index (κ1) is 11.6. The van der Waals surface area contributed by atoms with Crippen LogP contribution in [0.3, 0.4) is 0 Å². The Morgan fingerprint density at radius 2 is 2.18 bits per heavy atom. The van der Waals surface area contributed by atoms with E-state index in [1.807, 2.05) is 25.5 Å². The first-order chi connectivity index (χ1) is 8.04. The van der Waals surface area contributed by atoms with Crippen LogP contribution in [0.4, 0.5) is 0 Å². The molecule has 0 N–H and O–H groups in total. The number of carbonyl (C=O) groups excluding carboxylic acids is 1. The lowest BCUT2D eigenvalue weighted by molar-refractivity contribution is 0.0594. The topological polar surface area (TPSA) is 57.0 Å². The van der Waals surface area contributed by atoms with Crippen molar-refractivity contribution in [3.05, 3.63) is 23.7 Å². The normalized spacial score (nSPS) is 11.1. The highest BCUT2D eigenvalue weighted by atomic mass is 16.5. The number of methoxy groups -OCH3 is 1. The van der Waals surface area contributed by atoms with Gasteiger partial charge in [-0.15, -0.1) is 0 Å². The van der Waals surface area contributed by atoms with Crippen molar-refractivity contribution in [2.75, 3.05) is 7.11 Å². The molecule has 2 rings (SSSR count). The molecular weight excluding hydrogens is 218 g/mol. The number of esters is 1. The van der Waals surface area contributed by atoms with E-state index in [0.717, 1.165) is 16.6 Å². The van der Waals surface area contributed by atoms with Gasteiger partial charge in [0.05, 0.1) is 18.8 Å². The molecule has 0 aromatic carbocycles. The lowest BCUT2D eigenvalue weighted by Gasteiger charge is -2.08. The maximum absolute atomic E-state index is 11.5. The van der Waals surface area contributed by atoms with Gasteiger partial charge in [-0.3, -0.25) is 4.68 Å². The minimum absolute atomic E-state index is 0.236. The third-order valence-electron chi connectivity index (χ3n) is 2.67. The van der Waals surface area contributed by atoms with E-state index in [0.29, 0.717) is 5.69 Å². The van der Waals surface area contributed by atoms with Gasteiger partial charge in [0.15, 0.2) is 5.69 Å². The quantitative estimate of drug-likeness (QED) is 0.745. The fourth-order valence-corrected chi connectivity index (χ4v) is 1.82. The van der Waals surface area contributed by atoms with E-state index in [1.165, 1.54) is 7.11 Å². The van der Waals surface area contributed by atoms with Gasteiger partial charge in [0.25, 0.3) is 0 Å². The van der Waals surface area contributed by atoms with Crippen LogP contribution in [0, 0.1) is 6.92 Å². The van der Waals surface area contributed by atoms with E-state index < -0.39 is 5.97 Å². The Morgan fingerprint density at radius 1 is 1.47 bits per heavy atom. The van der Waals surface area contributed by atoms with E-state index in [1.54, 1.807) is 12.3 Å². The molecule has 2 aromatic rings. The number of hydrogen-bond donors (Lipinski definition) is 0. The second kappa shape index (κ2) is 4.16. The predicted octanol–water partition coefficient (Wildman–Crippen LogP) is 2.11. The number of aryl methyl sites for hydroxylation is 1. The Morgan fingerprint density at radius 3 is 2.76 bits per heavy atom. The molecule has 0 aliphatic carbocycles. The van der Waals surface area contributed by atoms with Gasteiger partial charge >= 0.3 is 5.97 Å². The zero-order valence-corrected chi connectivity index (χ0v) is 10.4. The SMILES string of the molecule is COC(=O)c1cc2c(cnn2C(C)C)c(C)n1. The van der Waals surface area contributed by atoms with E-state index in [4.69, 9.17) is 0 Å². The van der Waals surface area contributed by atoms with Crippen molar-refractivity contribution in [2.45, 2.75) is 26.8 Å². The van der Waals surface area contributed by atoms with Crippen LogP contribution in [-0.4, -0.2) is 27.8 Å². The summed E-state index contributed by atoms with van der Waals surface area (Å²) < 4.78 is 6.56. The number of hydrogen-bond acceptors (Lipinski definition) is 4. The number of pyridine rings is 1. The van der Waals surface area contributed by atoms with Crippen LogP contribution in [-0.2, 0) is 4.74 Å². The third kappa shape index (κ3) is 1.88. The largest absolute Gasteiger partial charge is 0.464 e. The molecule has 0 spiro atoms. The van der Waals surface area contributed by atoms with Crippen LogP contribution in [0.25, 0.3) is 10.9 Å². The Bertz CT molecular complexity index is 572. The summed E-state index contributed by atoms with van der Waals surface area (Å²) >= 11 is 0. The van der Waals surface area contributed by atoms with Crippen LogP contribution in [0.5, 0.6) is 0 Å². The van der Waals surface area contributed by atoms with Crippen LogP contribution in [0.15, 0.2) is 12.3 Å². The monoisotopic (exact) mass is 233 g/mol. The smallest absolute Gasteiger partial charge is 0.356 e. The zero-order valence-electron chi connectivity index (χ0n) is 10.4. The molecule has 5 heteroatoms. The highest BCUT2D eigenvalue weighted by molar-refractivity contribution is 5.92. The number of carbonyl (C=O) groups is 1. The summed E-state index contributed by atoms with van der Waals surface area (Å²) in [5, 5.41) is 5.27. The summed E-state index contributed by atoms with van der Waals surface area (Å²) in [4.78, 5) is 15.7. The highest BCUT2D eigenvalue weighted by Crippen LogP contribution is 2.21. The first-order valence-corrected chi connectivity index (χ1v) is 5.47. The standard InChI is InChI=1S/C12H15N3O2/c1-7(2)15-11-5-10(12(16)17-4)14-8(3)9(11)6-13-15/h5-7H,1-4H3. The number of ether oxygens (including phenoxy) is 1. The highest BCUT2D eigenvalue weighted by Gasteiger charge is 2.14. The Kier molecular flexibility index (Phi) is 2.83. The second-order valence-electron chi connectivity index (χ2n) is 4.20. The average Bonchev–Trinajstić information content (AvgIpc) is 2.72. The molecular formula is C12H15N3O2. The van der Waals surface area contributed by atoms with Gasteiger partial charge < -0.3 is 4.74 Å².